The number of hydrogen-bond acceptors (Lipinski definition) is 1. The summed E-state index contributed by atoms with van der Waals surface area (Å²) in [6.45, 7) is 4.06. The average molecular weight is 301 g/mol. The van der Waals surface area contributed by atoms with E-state index in [9.17, 15) is 8.78 Å². The fourth-order valence-corrected chi connectivity index (χ4v) is 1.92. The lowest BCUT2D eigenvalue weighted by atomic mass is 10.2. The van der Waals surface area contributed by atoms with Gasteiger partial charge in [0, 0.05) is 11.6 Å². The Hall–Kier alpha value is -1.23. The fourth-order valence-electron chi connectivity index (χ4n) is 1.64. The van der Waals surface area contributed by atoms with E-state index < -0.39 is 11.6 Å². The topological polar surface area (TPSA) is 17.8 Å². The van der Waals surface area contributed by atoms with E-state index in [0.717, 1.165) is 21.9 Å². The number of rotatable bonds is 2. The normalized spacial score (nSPS) is 10.9. The second-order valence-corrected chi connectivity index (χ2v) is 4.67. The van der Waals surface area contributed by atoms with Gasteiger partial charge in [0.2, 0.25) is 0 Å². The maximum absolute atomic E-state index is 13.5. The van der Waals surface area contributed by atoms with Gasteiger partial charge in [-0.15, -0.1) is 0 Å². The third kappa shape index (κ3) is 2.39. The average Bonchev–Trinajstić information content (AvgIpc) is 2.50. The van der Waals surface area contributed by atoms with Crippen molar-refractivity contribution in [1.29, 1.82) is 0 Å². The number of hydrogen-bond donors (Lipinski definition) is 0. The van der Waals surface area contributed by atoms with Crippen molar-refractivity contribution in [2.24, 2.45) is 0 Å². The predicted octanol–water partition coefficient (Wildman–Crippen LogP) is 3.59. The molecule has 0 atom stereocenters. The standard InChI is InChI=1S/C12H11BrF2N2/c1-7-12(13)8(2)17(16-7)6-9-3-4-10(14)5-11(9)15/h3-5H,6H2,1-2H3. The Balaban J connectivity index is 2.34. The molecule has 0 radical (unpaired) electrons. The predicted molar refractivity (Wildman–Crippen MR) is 64.9 cm³/mol. The molecular formula is C12H11BrF2N2. The molecule has 17 heavy (non-hydrogen) atoms. The van der Waals surface area contributed by atoms with Crippen molar-refractivity contribution in [3.05, 3.63) is 51.3 Å². The summed E-state index contributed by atoms with van der Waals surface area (Å²) in [5, 5.41) is 4.28. The lowest BCUT2D eigenvalue weighted by molar-refractivity contribution is 0.555. The van der Waals surface area contributed by atoms with Crippen LogP contribution < -0.4 is 0 Å². The minimum atomic E-state index is -0.569. The lowest BCUT2D eigenvalue weighted by Gasteiger charge is -2.06. The molecule has 0 aliphatic carbocycles. The Bertz CT molecular complexity index is 564. The van der Waals surface area contributed by atoms with Crippen molar-refractivity contribution >= 4 is 15.9 Å². The zero-order chi connectivity index (χ0) is 12.6. The molecule has 0 spiro atoms. The molecule has 0 aliphatic rings. The van der Waals surface area contributed by atoms with Crippen LogP contribution in [0.5, 0.6) is 0 Å². The number of nitrogens with zero attached hydrogens (tertiary/aromatic N) is 2. The minimum absolute atomic E-state index is 0.296. The van der Waals surface area contributed by atoms with E-state index in [2.05, 4.69) is 21.0 Å². The third-order valence-electron chi connectivity index (χ3n) is 2.63. The maximum atomic E-state index is 13.5. The Labute approximate surface area is 106 Å². The molecule has 2 nitrogen and oxygen atoms in total. The molecule has 0 saturated carbocycles. The third-order valence-corrected chi connectivity index (χ3v) is 3.78. The van der Waals surface area contributed by atoms with Crippen LogP contribution in [-0.4, -0.2) is 9.78 Å². The Kier molecular flexibility index (Phi) is 3.28. The largest absolute Gasteiger partial charge is 0.264 e. The highest BCUT2D eigenvalue weighted by Gasteiger charge is 2.11. The fraction of sp³-hybridized carbons (Fsp3) is 0.250. The van der Waals surface area contributed by atoms with E-state index >= 15 is 0 Å². The molecular weight excluding hydrogens is 290 g/mol. The molecule has 0 N–H and O–H groups in total. The molecule has 0 fully saturated rings. The molecule has 0 amide bonds. The van der Waals surface area contributed by atoms with Crippen LogP contribution in [0, 0.1) is 25.5 Å². The number of benzene rings is 1. The summed E-state index contributed by atoms with van der Waals surface area (Å²) in [5.74, 6) is -1.12. The quantitative estimate of drug-likeness (QED) is 0.829. The first-order valence-corrected chi connectivity index (χ1v) is 5.91. The van der Waals surface area contributed by atoms with E-state index in [1.807, 2.05) is 13.8 Å². The molecule has 0 saturated heterocycles. The van der Waals surface area contributed by atoms with Gasteiger partial charge in [0.15, 0.2) is 0 Å². The summed E-state index contributed by atoms with van der Waals surface area (Å²) < 4.78 is 28.9. The summed E-state index contributed by atoms with van der Waals surface area (Å²) >= 11 is 3.41. The van der Waals surface area contributed by atoms with Crippen LogP contribution in [0.15, 0.2) is 22.7 Å². The van der Waals surface area contributed by atoms with E-state index in [1.165, 1.54) is 12.1 Å². The van der Waals surface area contributed by atoms with E-state index in [0.29, 0.717) is 12.1 Å². The van der Waals surface area contributed by atoms with Gasteiger partial charge in [-0.3, -0.25) is 4.68 Å². The highest BCUT2D eigenvalue weighted by atomic mass is 79.9. The van der Waals surface area contributed by atoms with E-state index in [-0.39, 0.29) is 0 Å². The number of aryl methyl sites for hydroxylation is 1. The van der Waals surface area contributed by atoms with Crippen LogP contribution in [0.3, 0.4) is 0 Å². The van der Waals surface area contributed by atoms with Gasteiger partial charge in [-0.2, -0.15) is 5.10 Å². The first-order chi connectivity index (χ1) is 7.99. The van der Waals surface area contributed by atoms with Crippen LogP contribution in [0.25, 0.3) is 0 Å². The first kappa shape index (κ1) is 12.2. The highest BCUT2D eigenvalue weighted by Crippen LogP contribution is 2.21. The van der Waals surface area contributed by atoms with Crippen molar-refractivity contribution in [2.75, 3.05) is 0 Å². The van der Waals surface area contributed by atoms with Crippen LogP contribution in [-0.2, 0) is 6.54 Å². The summed E-state index contributed by atoms with van der Waals surface area (Å²) in [6, 6.07) is 3.57. The zero-order valence-electron chi connectivity index (χ0n) is 9.47. The lowest BCUT2D eigenvalue weighted by Crippen LogP contribution is -2.06. The van der Waals surface area contributed by atoms with Crippen LogP contribution in [0.1, 0.15) is 17.0 Å². The summed E-state index contributed by atoms with van der Waals surface area (Å²) in [6.07, 6.45) is 0. The molecule has 1 heterocycles. The molecule has 5 heteroatoms. The second kappa shape index (κ2) is 4.56. The maximum Gasteiger partial charge on any atom is 0.131 e. The summed E-state index contributed by atoms with van der Waals surface area (Å²) in [5.41, 5.74) is 2.20. The molecule has 0 bridgehead atoms. The molecule has 2 aromatic rings. The number of halogens is 3. The SMILES string of the molecule is Cc1nn(Cc2ccc(F)cc2F)c(C)c1Br. The van der Waals surface area contributed by atoms with Gasteiger partial charge in [-0.1, -0.05) is 6.07 Å². The second-order valence-electron chi connectivity index (χ2n) is 3.88. The Morgan fingerprint density at radius 3 is 2.53 bits per heavy atom. The van der Waals surface area contributed by atoms with Gasteiger partial charge >= 0.3 is 0 Å². The van der Waals surface area contributed by atoms with Crippen molar-refractivity contribution < 1.29 is 8.78 Å². The molecule has 0 unspecified atom stereocenters. The van der Waals surface area contributed by atoms with Crippen LogP contribution >= 0.6 is 15.9 Å². The van der Waals surface area contributed by atoms with Gasteiger partial charge in [0.05, 0.1) is 22.4 Å². The van der Waals surface area contributed by atoms with Crippen LogP contribution in [0.4, 0.5) is 8.78 Å². The van der Waals surface area contributed by atoms with Gasteiger partial charge in [0.25, 0.3) is 0 Å². The Morgan fingerprint density at radius 2 is 2.00 bits per heavy atom. The Morgan fingerprint density at radius 1 is 1.29 bits per heavy atom. The molecule has 1 aromatic heterocycles. The van der Waals surface area contributed by atoms with E-state index in [4.69, 9.17) is 0 Å². The van der Waals surface area contributed by atoms with Gasteiger partial charge in [-0.25, -0.2) is 8.78 Å². The molecule has 0 aliphatic heterocycles. The molecule has 90 valence electrons. The van der Waals surface area contributed by atoms with E-state index in [1.54, 1.807) is 4.68 Å². The van der Waals surface area contributed by atoms with Crippen molar-refractivity contribution in [2.45, 2.75) is 20.4 Å². The van der Waals surface area contributed by atoms with Gasteiger partial charge in [-0.05, 0) is 35.8 Å². The summed E-state index contributed by atoms with van der Waals surface area (Å²) in [4.78, 5) is 0. The molecule has 1 aromatic carbocycles. The van der Waals surface area contributed by atoms with Crippen molar-refractivity contribution in [3.63, 3.8) is 0 Å². The summed E-state index contributed by atoms with van der Waals surface area (Å²) in [7, 11) is 0. The van der Waals surface area contributed by atoms with Gasteiger partial charge in [0.1, 0.15) is 11.6 Å². The first-order valence-electron chi connectivity index (χ1n) is 5.12. The zero-order valence-corrected chi connectivity index (χ0v) is 11.1. The van der Waals surface area contributed by atoms with Crippen molar-refractivity contribution in [3.8, 4) is 0 Å². The van der Waals surface area contributed by atoms with Gasteiger partial charge < -0.3 is 0 Å². The monoisotopic (exact) mass is 300 g/mol. The minimum Gasteiger partial charge on any atom is -0.264 e. The van der Waals surface area contributed by atoms with Crippen molar-refractivity contribution in [1.82, 2.24) is 9.78 Å². The molecule has 2 rings (SSSR count). The van der Waals surface area contributed by atoms with Crippen LogP contribution in [0.2, 0.25) is 0 Å². The number of aromatic nitrogens is 2. The smallest absolute Gasteiger partial charge is 0.131 e. The highest BCUT2D eigenvalue weighted by molar-refractivity contribution is 9.10.